The molecular weight excluding hydrogens is 463 g/mol. The molecule has 0 bridgehead atoms. The van der Waals surface area contributed by atoms with Crippen LogP contribution < -0.4 is 11.1 Å². The second kappa shape index (κ2) is 10.8. The molecule has 0 radical (unpaired) electrons. The lowest BCUT2D eigenvalue weighted by Crippen LogP contribution is -2.35. The average Bonchev–Trinajstić information content (AvgIpc) is 2.62. The predicted octanol–water partition coefficient (Wildman–Crippen LogP) is 3.80. The van der Waals surface area contributed by atoms with Crippen molar-refractivity contribution in [2.75, 3.05) is 18.4 Å². The van der Waals surface area contributed by atoms with Crippen LogP contribution in [0.3, 0.4) is 0 Å². The number of rotatable bonds is 5. The summed E-state index contributed by atoms with van der Waals surface area (Å²) in [5, 5.41) is 12.8. The molecule has 0 saturated carbocycles. The van der Waals surface area contributed by atoms with Crippen LogP contribution in [-0.4, -0.2) is 35.2 Å². The van der Waals surface area contributed by atoms with Crippen LogP contribution in [0.4, 0.5) is 5.69 Å². The zero-order valence-corrected chi connectivity index (χ0v) is 19.0. The first-order valence-electron chi connectivity index (χ1n) is 9.61. The van der Waals surface area contributed by atoms with Crippen molar-refractivity contribution in [3.05, 3.63) is 64.7 Å². The highest BCUT2D eigenvalue weighted by Gasteiger charge is 2.16. The molecule has 2 aromatic rings. The molecular formula is C22H31IN4O. The van der Waals surface area contributed by atoms with E-state index in [9.17, 15) is 5.11 Å². The Hall–Kier alpha value is -1.64. The first-order chi connectivity index (χ1) is 13.0. The number of benzene rings is 2. The fourth-order valence-corrected chi connectivity index (χ4v) is 3.50. The number of aliphatic hydroxyl groups is 1. The van der Waals surface area contributed by atoms with Gasteiger partial charge in [-0.15, -0.1) is 24.0 Å². The molecule has 6 heteroatoms. The second-order valence-corrected chi connectivity index (χ2v) is 7.53. The highest BCUT2D eigenvalue weighted by Crippen LogP contribution is 2.15. The van der Waals surface area contributed by atoms with Gasteiger partial charge in [0.2, 0.25) is 0 Å². The van der Waals surface area contributed by atoms with E-state index in [1.807, 2.05) is 0 Å². The molecule has 0 spiro atoms. The minimum atomic E-state index is -0.121. The lowest BCUT2D eigenvalue weighted by molar-refractivity contribution is 0.0792. The number of aryl methyl sites for hydroxylation is 2. The van der Waals surface area contributed by atoms with E-state index in [0.717, 1.165) is 43.7 Å². The molecule has 152 valence electrons. The molecule has 5 nitrogen and oxygen atoms in total. The fraction of sp³-hybridized carbons (Fsp3) is 0.409. The van der Waals surface area contributed by atoms with Gasteiger partial charge in [0.1, 0.15) is 0 Å². The molecule has 1 aliphatic heterocycles. The number of nitrogens with zero attached hydrogens (tertiary/aromatic N) is 2. The van der Waals surface area contributed by atoms with Gasteiger partial charge in [-0.25, -0.2) is 4.99 Å². The number of halogens is 1. The number of piperidine rings is 1. The highest BCUT2D eigenvalue weighted by molar-refractivity contribution is 14.0. The molecule has 1 saturated heterocycles. The number of hydrogen-bond acceptors (Lipinski definition) is 3. The zero-order valence-electron chi connectivity index (χ0n) is 16.7. The van der Waals surface area contributed by atoms with Gasteiger partial charge in [-0.2, -0.15) is 0 Å². The molecule has 1 heterocycles. The average molecular weight is 494 g/mol. The first kappa shape index (κ1) is 22.6. The van der Waals surface area contributed by atoms with E-state index >= 15 is 0 Å². The topological polar surface area (TPSA) is 73.9 Å². The summed E-state index contributed by atoms with van der Waals surface area (Å²) in [7, 11) is 0. The van der Waals surface area contributed by atoms with Crippen LogP contribution in [-0.2, 0) is 13.1 Å². The van der Waals surface area contributed by atoms with Crippen molar-refractivity contribution in [2.45, 2.75) is 45.9 Å². The Morgan fingerprint density at radius 3 is 2.25 bits per heavy atom. The van der Waals surface area contributed by atoms with Gasteiger partial charge in [0.15, 0.2) is 5.96 Å². The number of aliphatic hydroxyl groups excluding tert-OH is 1. The van der Waals surface area contributed by atoms with Crippen LogP contribution in [0.2, 0.25) is 0 Å². The molecule has 0 unspecified atom stereocenters. The van der Waals surface area contributed by atoms with E-state index in [-0.39, 0.29) is 30.1 Å². The lowest BCUT2D eigenvalue weighted by atomic mass is 10.1. The first-order valence-corrected chi connectivity index (χ1v) is 9.61. The maximum absolute atomic E-state index is 9.60. The number of aliphatic imine (C=N–C) groups is 1. The SMILES string of the molecule is Cc1cc(C)cc(NC(N)=NCc2ccc(CN3CCC(O)CC3)cc2)c1.I. The largest absolute Gasteiger partial charge is 0.393 e. The van der Waals surface area contributed by atoms with Crippen molar-refractivity contribution in [1.82, 2.24) is 4.90 Å². The molecule has 28 heavy (non-hydrogen) atoms. The Kier molecular flexibility index (Phi) is 8.72. The van der Waals surface area contributed by atoms with E-state index in [1.165, 1.54) is 16.7 Å². The van der Waals surface area contributed by atoms with E-state index in [0.29, 0.717) is 12.5 Å². The standard InChI is InChI=1S/C22H30N4O.HI/c1-16-11-17(2)13-20(12-16)25-22(23)24-14-18-3-5-19(6-4-18)15-26-9-7-21(27)8-10-26;/h3-6,11-13,21,27H,7-10,14-15H2,1-2H3,(H3,23,24,25);1H. The number of likely N-dealkylation sites (tertiary alicyclic amines) is 1. The molecule has 0 amide bonds. The third kappa shape index (κ3) is 7.07. The van der Waals surface area contributed by atoms with Gasteiger partial charge in [0.25, 0.3) is 0 Å². The van der Waals surface area contributed by atoms with Crippen molar-refractivity contribution in [2.24, 2.45) is 10.7 Å². The van der Waals surface area contributed by atoms with E-state index in [2.05, 4.69) is 71.5 Å². The number of guanidine groups is 1. The van der Waals surface area contributed by atoms with Gasteiger partial charge in [-0.1, -0.05) is 30.3 Å². The summed E-state index contributed by atoms with van der Waals surface area (Å²) >= 11 is 0. The molecule has 4 N–H and O–H groups in total. The maximum Gasteiger partial charge on any atom is 0.193 e. The summed E-state index contributed by atoms with van der Waals surface area (Å²) in [6.45, 7) is 7.56. The quantitative estimate of drug-likeness (QED) is 0.336. The molecule has 1 fully saturated rings. The van der Waals surface area contributed by atoms with Gasteiger partial charge in [-0.05, 0) is 61.1 Å². The Labute approximate surface area is 185 Å². The van der Waals surface area contributed by atoms with E-state index in [4.69, 9.17) is 5.73 Å². The Bertz CT molecular complexity index is 763. The highest BCUT2D eigenvalue weighted by atomic mass is 127. The van der Waals surface area contributed by atoms with E-state index in [1.54, 1.807) is 0 Å². The monoisotopic (exact) mass is 494 g/mol. The number of nitrogens with one attached hydrogen (secondary N) is 1. The van der Waals surface area contributed by atoms with Gasteiger partial charge in [-0.3, -0.25) is 4.90 Å². The normalized spacial score (nSPS) is 15.9. The zero-order chi connectivity index (χ0) is 19.2. The van der Waals surface area contributed by atoms with Crippen molar-refractivity contribution in [1.29, 1.82) is 0 Å². The summed E-state index contributed by atoms with van der Waals surface area (Å²) in [6, 6.07) is 14.8. The Balaban J connectivity index is 0.00000280. The third-order valence-electron chi connectivity index (χ3n) is 4.91. The van der Waals surface area contributed by atoms with Crippen LogP contribution in [0.25, 0.3) is 0 Å². The van der Waals surface area contributed by atoms with Crippen LogP contribution in [0.15, 0.2) is 47.5 Å². The fourth-order valence-electron chi connectivity index (χ4n) is 3.50. The van der Waals surface area contributed by atoms with Gasteiger partial charge < -0.3 is 16.2 Å². The molecule has 3 rings (SSSR count). The predicted molar refractivity (Wildman–Crippen MR) is 127 cm³/mol. The Morgan fingerprint density at radius 1 is 1.07 bits per heavy atom. The second-order valence-electron chi connectivity index (χ2n) is 7.53. The summed E-state index contributed by atoms with van der Waals surface area (Å²) < 4.78 is 0. The summed E-state index contributed by atoms with van der Waals surface area (Å²) in [5.74, 6) is 0.427. The number of anilines is 1. The van der Waals surface area contributed by atoms with Gasteiger partial charge in [0.05, 0.1) is 12.6 Å². The molecule has 0 atom stereocenters. The summed E-state index contributed by atoms with van der Waals surface area (Å²) in [4.78, 5) is 6.84. The molecule has 1 aliphatic rings. The number of hydrogen-bond donors (Lipinski definition) is 3. The smallest absolute Gasteiger partial charge is 0.193 e. The van der Waals surface area contributed by atoms with Crippen molar-refractivity contribution in [3.63, 3.8) is 0 Å². The van der Waals surface area contributed by atoms with Crippen LogP contribution >= 0.6 is 24.0 Å². The van der Waals surface area contributed by atoms with Gasteiger partial charge in [0, 0.05) is 25.3 Å². The van der Waals surface area contributed by atoms with Crippen molar-refractivity contribution < 1.29 is 5.11 Å². The summed E-state index contributed by atoms with van der Waals surface area (Å²) in [5.41, 5.74) is 11.8. The minimum Gasteiger partial charge on any atom is -0.393 e. The van der Waals surface area contributed by atoms with Crippen LogP contribution in [0.1, 0.15) is 35.1 Å². The molecule has 0 aromatic heterocycles. The maximum atomic E-state index is 9.60. The van der Waals surface area contributed by atoms with Crippen molar-refractivity contribution in [3.8, 4) is 0 Å². The molecule has 2 aromatic carbocycles. The lowest BCUT2D eigenvalue weighted by Gasteiger charge is -2.29. The number of nitrogens with two attached hydrogens (primary N) is 1. The van der Waals surface area contributed by atoms with Gasteiger partial charge >= 0.3 is 0 Å². The van der Waals surface area contributed by atoms with Crippen LogP contribution in [0, 0.1) is 13.8 Å². The molecule has 0 aliphatic carbocycles. The minimum absolute atomic E-state index is 0. The Morgan fingerprint density at radius 2 is 1.64 bits per heavy atom. The van der Waals surface area contributed by atoms with Crippen molar-refractivity contribution >= 4 is 35.6 Å². The third-order valence-corrected chi connectivity index (χ3v) is 4.91. The van der Waals surface area contributed by atoms with Crippen LogP contribution in [0.5, 0.6) is 0 Å². The summed E-state index contributed by atoms with van der Waals surface area (Å²) in [6.07, 6.45) is 1.63. The van der Waals surface area contributed by atoms with E-state index < -0.39 is 0 Å².